The first-order valence-corrected chi connectivity index (χ1v) is 7.41. The summed E-state index contributed by atoms with van der Waals surface area (Å²) in [4.78, 5) is 27.2. The van der Waals surface area contributed by atoms with Crippen molar-refractivity contribution in [3.63, 3.8) is 0 Å². The molecule has 1 atom stereocenters. The molecule has 1 aromatic heterocycles. The van der Waals surface area contributed by atoms with E-state index >= 15 is 0 Å². The second-order valence-corrected chi connectivity index (χ2v) is 6.90. The molecule has 20 heavy (non-hydrogen) atoms. The number of rotatable bonds is 4. The number of aromatic nitrogens is 1. The van der Waals surface area contributed by atoms with Crippen LogP contribution in [-0.2, 0) is 10.2 Å². The Labute approximate surface area is 121 Å². The maximum atomic E-state index is 11.8. The minimum atomic E-state index is -0.989. The first-order chi connectivity index (χ1) is 9.27. The van der Waals surface area contributed by atoms with Gasteiger partial charge in [-0.05, 0) is 18.8 Å². The van der Waals surface area contributed by atoms with E-state index in [2.05, 4.69) is 15.6 Å². The molecule has 6 nitrogen and oxygen atoms in total. The largest absolute Gasteiger partial charge is 0.480 e. The summed E-state index contributed by atoms with van der Waals surface area (Å²) in [7, 11) is 0. The van der Waals surface area contributed by atoms with Gasteiger partial charge in [0.1, 0.15) is 6.04 Å². The predicted octanol–water partition coefficient (Wildman–Crippen LogP) is 2.43. The van der Waals surface area contributed by atoms with Gasteiger partial charge < -0.3 is 10.4 Å². The van der Waals surface area contributed by atoms with Crippen LogP contribution in [0.15, 0.2) is 5.38 Å². The molecule has 1 aliphatic rings. The Balaban J connectivity index is 1.94. The molecule has 0 spiro atoms. The van der Waals surface area contributed by atoms with Crippen LogP contribution in [0.1, 0.15) is 39.3 Å². The second-order valence-electron chi connectivity index (χ2n) is 6.04. The van der Waals surface area contributed by atoms with Crippen molar-refractivity contribution in [3.8, 4) is 0 Å². The lowest BCUT2D eigenvalue weighted by molar-refractivity contribution is -0.139. The number of carboxylic acid groups (broad SMARTS) is 1. The van der Waals surface area contributed by atoms with Gasteiger partial charge in [-0.15, -0.1) is 11.3 Å². The molecule has 1 heterocycles. The Kier molecular flexibility index (Phi) is 3.99. The number of hydrogen-bond acceptors (Lipinski definition) is 4. The highest BCUT2D eigenvalue weighted by atomic mass is 32.1. The van der Waals surface area contributed by atoms with Gasteiger partial charge in [-0.1, -0.05) is 20.8 Å². The number of hydrogen-bond donors (Lipinski definition) is 3. The van der Waals surface area contributed by atoms with Gasteiger partial charge in [0.15, 0.2) is 5.13 Å². The van der Waals surface area contributed by atoms with Crippen LogP contribution in [0.2, 0.25) is 0 Å². The number of carboxylic acids is 1. The van der Waals surface area contributed by atoms with Crippen LogP contribution in [0.4, 0.5) is 9.93 Å². The Bertz CT molecular complexity index is 517. The molecule has 1 fully saturated rings. The maximum absolute atomic E-state index is 11.8. The summed E-state index contributed by atoms with van der Waals surface area (Å²) < 4.78 is 0. The molecular weight excluding hydrogens is 278 g/mol. The zero-order valence-electron chi connectivity index (χ0n) is 11.8. The van der Waals surface area contributed by atoms with Gasteiger partial charge in [-0.2, -0.15) is 0 Å². The molecule has 1 aliphatic carbocycles. The highest BCUT2D eigenvalue weighted by molar-refractivity contribution is 7.13. The van der Waals surface area contributed by atoms with E-state index in [0.29, 0.717) is 5.13 Å². The molecule has 3 N–H and O–H groups in total. The topological polar surface area (TPSA) is 91.3 Å². The molecule has 0 bridgehead atoms. The van der Waals surface area contributed by atoms with Crippen LogP contribution in [0.5, 0.6) is 0 Å². The molecule has 1 saturated carbocycles. The van der Waals surface area contributed by atoms with Crippen molar-refractivity contribution >= 4 is 28.5 Å². The predicted molar refractivity (Wildman–Crippen MR) is 77.1 cm³/mol. The van der Waals surface area contributed by atoms with E-state index in [1.807, 2.05) is 26.2 Å². The number of carbonyl (C=O) groups is 2. The van der Waals surface area contributed by atoms with E-state index < -0.39 is 18.0 Å². The SMILES string of the molecule is CC(C)(C)c1csc(NC(=O)NC(C(=O)O)C2CC2)n1. The van der Waals surface area contributed by atoms with Gasteiger partial charge in [-0.25, -0.2) is 14.6 Å². The first-order valence-electron chi connectivity index (χ1n) is 6.53. The number of amides is 2. The van der Waals surface area contributed by atoms with Crippen LogP contribution in [0.3, 0.4) is 0 Å². The van der Waals surface area contributed by atoms with Gasteiger partial charge in [0.05, 0.1) is 5.69 Å². The van der Waals surface area contributed by atoms with Gasteiger partial charge in [0.25, 0.3) is 0 Å². The summed E-state index contributed by atoms with van der Waals surface area (Å²) in [6.45, 7) is 6.12. The monoisotopic (exact) mass is 297 g/mol. The highest BCUT2D eigenvalue weighted by Crippen LogP contribution is 2.33. The van der Waals surface area contributed by atoms with E-state index in [1.165, 1.54) is 11.3 Å². The maximum Gasteiger partial charge on any atom is 0.326 e. The van der Waals surface area contributed by atoms with Crippen molar-refractivity contribution in [2.75, 3.05) is 5.32 Å². The average molecular weight is 297 g/mol. The van der Waals surface area contributed by atoms with E-state index in [4.69, 9.17) is 5.11 Å². The van der Waals surface area contributed by atoms with Crippen LogP contribution in [-0.4, -0.2) is 28.1 Å². The number of nitrogens with zero attached hydrogens (tertiary/aromatic N) is 1. The van der Waals surface area contributed by atoms with Crippen molar-refractivity contribution in [1.82, 2.24) is 10.3 Å². The van der Waals surface area contributed by atoms with E-state index in [1.54, 1.807) is 0 Å². The average Bonchev–Trinajstić information content (AvgIpc) is 3.04. The quantitative estimate of drug-likeness (QED) is 0.796. The van der Waals surface area contributed by atoms with Crippen LogP contribution in [0, 0.1) is 5.92 Å². The van der Waals surface area contributed by atoms with E-state index in [9.17, 15) is 9.59 Å². The summed E-state index contributed by atoms with van der Waals surface area (Å²) >= 11 is 1.33. The summed E-state index contributed by atoms with van der Waals surface area (Å²) in [5.74, 6) is -0.933. The normalized spacial score (nSPS) is 16.6. The third-order valence-corrected chi connectivity index (χ3v) is 3.90. The molecule has 0 aliphatic heterocycles. The molecule has 2 amide bonds. The molecule has 0 saturated heterocycles. The van der Waals surface area contributed by atoms with Crippen molar-refractivity contribution in [3.05, 3.63) is 11.1 Å². The summed E-state index contributed by atoms with van der Waals surface area (Å²) in [5.41, 5.74) is 0.819. The van der Waals surface area contributed by atoms with Crippen LogP contribution in [0.25, 0.3) is 0 Å². The zero-order chi connectivity index (χ0) is 14.9. The Morgan fingerprint density at radius 2 is 2.10 bits per heavy atom. The Hall–Kier alpha value is -1.63. The van der Waals surface area contributed by atoms with E-state index in [0.717, 1.165) is 18.5 Å². The fourth-order valence-corrected chi connectivity index (χ4v) is 2.69. The van der Waals surface area contributed by atoms with Crippen LogP contribution >= 0.6 is 11.3 Å². The lowest BCUT2D eigenvalue weighted by atomic mass is 9.93. The number of carbonyl (C=O) groups excluding carboxylic acids is 1. The first kappa shape index (κ1) is 14.8. The number of aliphatic carboxylic acids is 1. The summed E-state index contributed by atoms with van der Waals surface area (Å²) in [5, 5.41) is 16.5. The molecule has 110 valence electrons. The summed E-state index contributed by atoms with van der Waals surface area (Å²) in [6, 6.07) is -1.32. The molecule has 7 heteroatoms. The Morgan fingerprint density at radius 3 is 2.55 bits per heavy atom. The smallest absolute Gasteiger partial charge is 0.326 e. The van der Waals surface area contributed by atoms with Crippen molar-refractivity contribution in [2.45, 2.75) is 45.1 Å². The molecule has 1 unspecified atom stereocenters. The standard InChI is InChI=1S/C13H19N3O3S/c1-13(2,3)8-6-20-12(14-8)16-11(19)15-9(10(17)18)7-4-5-7/h6-7,9H,4-5H2,1-3H3,(H,17,18)(H2,14,15,16,19). The van der Waals surface area contributed by atoms with E-state index in [-0.39, 0.29) is 11.3 Å². The lowest BCUT2D eigenvalue weighted by Crippen LogP contribution is -2.44. The number of nitrogens with one attached hydrogen (secondary N) is 2. The van der Waals surface area contributed by atoms with Gasteiger partial charge in [0, 0.05) is 10.8 Å². The Morgan fingerprint density at radius 1 is 1.45 bits per heavy atom. The second kappa shape index (κ2) is 5.40. The third-order valence-electron chi connectivity index (χ3n) is 3.14. The molecular formula is C13H19N3O3S. The fourth-order valence-electron chi connectivity index (χ4n) is 1.76. The van der Waals surface area contributed by atoms with Gasteiger partial charge >= 0.3 is 12.0 Å². The highest BCUT2D eigenvalue weighted by Gasteiger charge is 2.37. The molecule has 2 rings (SSSR count). The molecule has 1 aromatic rings. The van der Waals surface area contributed by atoms with Crippen LogP contribution < -0.4 is 10.6 Å². The minimum absolute atomic E-state index is 0.0553. The van der Waals surface area contributed by atoms with Gasteiger partial charge in [-0.3, -0.25) is 5.32 Å². The summed E-state index contributed by atoms with van der Waals surface area (Å²) in [6.07, 6.45) is 1.70. The van der Waals surface area contributed by atoms with Gasteiger partial charge in [0.2, 0.25) is 0 Å². The van der Waals surface area contributed by atoms with Crippen molar-refractivity contribution in [2.24, 2.45) is 5.92 Å². The molecule has 0 aromatic carbocycles. The lowest BCUT2D eigenvalue weighted by Gasteiger charge is -2.15. The van der Waals surface area contributed by atoms with Crippen molar-refractivity contribution < 1.29 is 14.7 Å². The fraction of sp³-hybridized carbons (Fsp3) is 0.615. The number of thiazole rings is 1. The molecule has 0 radical (unpaired) electrons. The number of urea groups is 1. The minimum Gasteiger partial charge on any atom is -0.480 e. The zero-order valence-corrected chi connectivity index (χ0v) is 12.6. The number of anilines is 1. The third kappa shape index (κ3) is 3.69. The van der Waals surface area contributed by atoms with Crippen molar-refractivity contribution in [1.29, 1.82) is 0 Å².